The van der Waals surface area contributed by atoms with Crippen molar-refractivity contribution in [3.05, 3.63) is 53.9 Å². The van der Waals surface area contributed by atoms with Gasteiger partial charge in [0.2, 0.25) is 0 Å². The second-order valence-corrected chi connectivity index (χ2v) is 8.66. The first-order valence-corrected chi connectivity index (χ1v) is 10.4. The number of nitrogens with zero attached hydrogens (tertiary/aromatic N) is 5. The third kappa shape index (κ3) is 4.88. The highest BCUT2D eigenvalue weighted by Crippen LogP contribution is 2.35. The number of pyridine rings is 1. The summed E-state index contributed by atoms with van der Waals surface area (Å²) in [5.74, 6) is 1.34. The molecule has 9 heteroatoms. The Labute approximate surface area is 179 Å². The predicted molar refractivity (Wildman–Crippen MR) is 109 cm³/mol. The quantitative estimate of drug-likeness (QED) is 0.660. The van der Waals surface area contributed by atoms with E-state index in [-0.39, 0.29) is 18.3 Å². The highest BCUT2D eigenvalue weighted by Gasteiger charge is 2.37. The molecular formula is C22H26F3N5O. The molecule has 4 heterocycles. The molecule has 0 spiro atoms. The zero-order valence-electron chi connectivity index (χ0n) is 17.6. The summed E-state index contributed by atoms with van der Waals surface area (Å²) in [6, 6.07) is 4.34. The number of fused-ring (bicyclic) bond motifs is 1. The first-order chi connectivity index (χ1) is 14.6. The van der Waals surface area contributed by atoms with E-state index in [2.05, 4.69) is 19.9 Å². The van der Waals surface area contributed by atoms with Crippen molar-refractivity contribution >= 4 is 0 Å². The molecule has 6 nitrogen and oxygen atoms in total. The number of alkyl halides is 3. The van der Waals surface area contributed by atoms with Crippen LogP contribution in [-0.4, -0.2) is 48.2 Å². The van der Waals surface area contributed by atoms with Crippen LogP contribution in [0.25, 0.3) is 11.4 Å². The minimum Gasteiger partial charge on any atom is -0.388 e. The Kier molecular flexibility index (Phi) is 5.74. The molecule has 0 amide bonds. The van der Waals surface area contributed by atoms with Crippen LogP contribution in [0.3, 0.4) is 0 Å². The van der Waals surface area contributed by atoms with Crippen molar-refractivity contribution in [1.29, 1.82) is 0 Å². The molecule has 0 saturated carbocycles. The van der Waals surface area contributed by atoms with Gasteiger partial charge in [-0.15, -0.1) is 0 Å². The van der Waals surface area contributed by atoms with E-state index in [0.29, 0.717) is 38.0 Å². The van der Waals surface area contributed by atoms with Gasteiger partial charge < -0.3 is 9.67 Å². The minimum atomic E-state index is -4.49. The van der Waals surface area contributed by atoms with Crippen LogP contribution >= 0.6 is 0 Å². The second kappa shape index (κ2) is 8.20. The molecule has 3 aliphatic rings. The highest BCUT2D eigenvalue weighted by molar-refractivity contribution is 5.59. The van der Waals surface area contributed by atoms with Crippen LogP contribution in [0.5, 0.6) is 0 Å². The van der Waals surface area contributed by atoms with Gasteiger partial charge >= 0.3 is 6.18 Å². The van der Waals surface area contributed by atoms with Gasteiger partial charge in [0.25, 0.3) is 0 Å². The highest BCUT2D eigenvalue weighted by atomic mass is 19.4. The van der Waals surface area contributed by atoms with Gasteiger partial charge in [-0.3, -0.25) is 4.90 Å². The Morgan fingerprint density at radius 3 is 2.45 bits per heavy atom. The van der Waals surface area contributed by atoms with Gasteiger partial charge in [0.15, 0.2) is 0 Å². The number of likely N-dealkylation sites (tertiary alicyclic amines) is 1. The molecule has 0 aliphatic carbocycles. The van der Waals surface area contributed by atoms with Crippen LogP contribution in [0.15, 0.2) is 36.8 Å². The standard InChI is InChI=1S/C22H26F3N5O/c1-15(2)19-26-11-16(12-27-19)13-29-8-5-21(31,6-9-29)14-30-7-3-4-17-10-18(22(23,24)25)28-20(17)30/h3-4,7,10-12,15,31H,5-6,8-9,13-14H2,1-2H3. The molecule has 0 atom stereocenters. The van der Waals surface area contributed by atoms with E-state index >= 15 is 0 Å². The Morgan fingerprint density at radius 1 is 1.16 bits per heavy atom. The van der Waals surface area contributed by atoms with Gasteiger partial charge in [-0.2, -0.15) is 13.2 Å². The summed E-state index contributed by atoms with van der Waals surface area (Å²) in [6.45, 7) is 6.37. The van der Waals surface area contributed by atoms with Crippen molar-refractivity contribution in [3.8, 4) is 11.4 Å². The Balaban J connectivity index is 1.40. The van der Waals surface area contributed by atoms with E-state index in [1.54, 1.807) is 22.9 Å². The van der Waals surface area contributed by atoms with E-state index in [0.717, 1.165) is 17.5 Å². The topological polar surface area (TPSA) is 67.1 Å². The normalized spacial score (nSPS) is 17.5. The van der Waals surface area contributed by atoms with Gasteiger partial charge in [0, 0.05) is 55.3 Å². The largest absolute Gasteiger partial charge is 0.433 e. The average Bonchev–Trinajstić information content (AvgIpc) is 3.16. The maximum Gasteiger partial charge on any atom is 0.433 e. The Hall–Kier alpha value is -2.52. The third-order valence-electron chi connectivity index (χ3n) is 5.78. The van der Waals surface area contributed by atoms with Gasteiger partial charge in [0.1, 0.15) is 17.3 Å². The van der Waals surface area contributed by atoms with Crippen LogP contribution in [-0.2, 0) is 19.3 Å². The van der Waals surface area contributed by atoms with Gasteiger partial charge in [-0.25, -0.2) is 15.0 Å². The first kappa shape index (κ1) is 21.7. The van der Waals surface area contributed by atoms with E-state index in [9.17, 15) is 18.3 Å². The molecule has 3 aliphatic heterocycles. The average molecular weight is 433 g/mol. The lowest BCUT2D eigenvalue weighted by atomic mass is 9.91. The third-order valence-corrected chi connectivity index (χ3v) is 5.78. The molecule has 0 radical (unpaired) electrons. The number of rotatable bonds is 5. The molecule has 0 bridgehead atoms. The number of halogens is 3. The van der Waals surface area contributed by atoms with Crippen LogP contribution in [0.1, 0.15) is 49.7 Å². The zero-order chi connectivity index (χ0) is 22.2. The molecule has 1 aromatic heterocycles. The maximum atomic E-state index is 13.0. The van der Waals surface area contributed by atoms with Gasteiger partial charge in [0.05, 0.1) is 12.1 Å². The van der Waals surface area contributed by atoms with Gasteiger partial charge in [-0.05, 0) is 31.0 Å². The molecule has 4 rings (SSSR count). The van der Waals surface area contributed by atoms with Crippen molar-refractivity contribution in [1.82, 2.24) is 24.4 Å². The molecule has 31 heavy (non-hydrogen) atoms. The summed E-state index contributed by atoms with van der Waals surface area (Å²) in [4.78, 5) is 14.8. The van der Waals surface area contributed by atoms with Crippen LogP contribution in [0.2, 0.25) is 0 Å². The number of piperidine rings is 1. The minimum absolute atomic E-state index is 0.207. The zero-order valence-corrected chi connectivity index (χ0v) is 17.6. The molecular weight excluding hydrogens is 407 g/mol. The summed E-state index contributed by atoms with van der Waals surface area (Å²) >= 11 is 0. The smallest absolute Gasteiger partial charge is 0.388 e. The summed E-state index contributed by atoms with van der Waals surface area (Å²) < 4.78 is 40.7. The lowest BCUT2D eigenvalue weighted by Gasteiger charge is -2.38. The number of aromatic nitrogens is 4. The van der Waals surface area contributed by atoms with Crippen LogP contribution in [0.4, 0.5) is 13.2 Å². The lowest BCUT2D eigenvalue weighted by Crippen LogP contribution is -2.46. The molecule has 1 N–H and O–H groups in total. The lowest BCUT2D eigenvalue weighted by molar-refractivity contribution is -0.140. The summed E-state index contributed by atoms with van der Waals surface area (Å²) in [7, 11) is 0. The number of hydrogen-bond acceptors (Lipinski definition) is 5. The monoisotopic (exact) mass is 433 g/mol. The molecule has 166 valence electrons. The molecule has 1 fully saturated rings. The van der Waals surface area contributed by atoms with Crippen LogP contribution < -0.4 is 0 Å². The predicted octanol–water partition coefficient (Wildman–Crippen LogP) is 3.95. The molecule has 1 aromatic rings. The number of hydrogen-bond donors (Lipinski definition) is 1. The van der Waals surface area contributed by atoms with E-state index < -0.39 is 17.5 Å². The van der Waals surface area contributed by atoms with E-state index in [1.165, 1.54) is 0 Å². The number of aliphatic hydroxyl groups is 1. The molecule has 1 saturated heterocycles. The fourth-order valence-corrected chi connectivity index (χ4v) is 3.97. The first-order valence-electron chi connectivity index (χ1n) is 10.4. The van der Waals surface area contributed by atoms with E-state index in [1.807, 2.05) is 26.2 Å². The summed E-state index contributed by atoms with van der Waals surface area (Å²) in [6.07, 6.45) is 1.92. The van der Waals surface area contributed by atoms with Crippen molar-refractivity contribution in [2.24, 2.45) is 0 Å². The summed E-state index contributed by atoms with van der Waals surface area (Å²) in [5.41, 5.74) is -0.463. The maximum absolute atomic E-state index is 13.0. The fraction of sp³-hybridized carbons (Fsp3) is 0.500. The SMILES string of the molecule is CC(C)c1ncc(CN2CCC(O)(Cn3cccc4cc(C(F)(F)F)nc3-4)CC2)cn1. The van der Waals surface area contributed by atoms with E-state index in [4.69, 9.17) is 0 Å². The van der Waals surface area contributed by atoms with Crippen molar-refractivity contribution in [3.63, 3.8) is 0 Å². The Bertz CT molecular complexity index is 991. The molecule has 0 aromatic carbocycles. The van der Waals surface area contributed by atoms with Gasteiger partial charge in [-0.1, -0.05) is 13.8 Å². The summed E-state index contributed by atoms with van der Waals surface area (Å²) in [5, 5.41) is 11.1. The van der Waals surface area contributed by atoms with Crippen molar-refractivity contribution < 1.29 is 18.3 Å². The Morgan fingerprint density at radius 2 is 1.84 bits per heavy atom. The second-order valence-electron chi connectivity index (χ2n) is 8.66. The van der Waals surface area contributed by atoms with Crippen molar-refractivity contribution in [2.75, 3.05) is 13.1 Å². The van der Waals surface area contributed by atoms with Crippen molar-refractivity contribution in [2.45, 2.75) is 57.5 Å². The molecule has 0 unspecified atom stereocenters. The fourth-order valence-electron chi connectivity index (χ4n) is 3.97. The van der Waals surface area contributed by atoms with Crippen LogP contribution in [0, 0.1) is 0 Å².